The molecule has 0 spiro atoms. The lowest BCUT2D eigenvalue weighted by atomic mass is 9.95. The Morgan fingerprint density at radius 3 is 2.30 bits per heavy atom. The molecule has 0 heterocycles. The van der Waals surface area contributed by atoms with E-state index in [1.165, 1.54) is 29.2 Å². The smallest absolute Gasteiger partial charge is 0.264 e. The second-order valence-electron chi connectivity index (χ2n) is 10.7. The highest BCUT2D eigenvalue weighted by Gasteiger charge is 2.34. The van der Waals surface area contributed by atoms with Gasteiger partial charge in [-0.05, 0) is 80.8 Å². The molecule has 1 fully saturated rings. The second kappa shape index (κ2) is 15.3. The summed E-state index contributed by atoms with van der Waals surface area (Å²) in [4.78, 5) is 29.0. The van der Waals surface area contributed by atoms with Crippen molar-refractivity contribution in [2.24, 2.45) is 0 Å². The van der Waals surface area contributed by atoms with Gasteiger partial charge in [0.25, 0.3) is 10.0 Å². The summed E-state index contributed by atoms with van der Waals surface area (Å²) in [6.07, 6.45) is 4.94. The number of sulfonamides is 1. The molecular weight excluding hydrogens is 645 g/mol. The van der Waals surface area contributed by atoms with Crippen molar-refractivity contribution in [3.8, 4) is 5.75 Å². The number of nitrogens with one attached hydrogen (secondary N) is 1. The highest BCUT2D eigenvalue weighted by Crippen LogP contribution is 2.33. The zero-order valence-corrected chi connectivity index (χ0v) is 27.7. The molecule has 0 aliphatic heterocycles. The van der Waals surface area contributed by atoms with E-state index in [1.54, 1.807) is 56.3 Å². The first-order chi connectivity index (χ1) is 21.0. The molecule has 3 aromatic rings. The molecule has 12 heteroatoms. The van der Waals surface area contributed by atoms with Gasteiger partial charge in [-0.25, -0.2) is 8.42 Å². The van der Waals surface area contributed by atoms with Crippen LogP contribution in [0, 0.1) is 0 Å². The fourth-order valence-electron chi connectivity index (χ4n) is 5.17. The highest BCUT2D eigenvalue weighted by molar-refractivity contribution is 7.92. The minimum Gasteiger partial charge on any atom is -0.492 e. The molecule has 1 unspecified atom stereocenters. The molecule has 4 rings (SSSR count). The van der Waals surface area contributed by atoms with Gasteiger partial charge in [-0.3, -0.25) is 13.9 Å². The maximum Gasteiger partial charge on any atom is 0.264 e. The molecule has 1 atom stereocenters. The molecule has 2 amide bonds. The molecule has 3 aromatic carbocycles. The third-order valence-corrected chi connectivity index (χ3v) is 10.3. The fraction of sp³-hybridized carbons (Fsp3) is 0.375. The Morgan fingerprint density at radius 2 is 1.64 bits per heavy atom. The highest BCUT2D eigenvalue weighted by atomic mass is 35.5. The number of benzene rings is 3. The molecule has 0 saturated heterocycles. The molecule has 1 saturated carbocycles. The summed E-state index contributed by atoms with van der Waals surface area (Å²) in [6, 6.07) is 16.4. The average molecular weight is 681 g/mol. The Hall–Kier alpha value is -2.98. The first kappa shape index (κ1) is 33.9. The Labute approximate surface area is 274 Å². The van der Waals surface area contributed by atoms with E-state index in [-0.39, 0.29) is 35.7 Å². The quantitative estimate of drug-likeness (QED) is 0.220. The van der Waals surface area contributed by atoms with Crippen molar-refractivity contribution in [2.75, 3.05) is 17.5 Å². The van der Waals surface area contributed by atoms with Gasteiger partial charge in [-0.15, -0.1) is 0 Å². The lowest BCUT2D eigenvalue weighted by Crippen LogP contribution is -2.53. The standard InChI is InChI=1S/C32H36Cl3N3O5S/c1-3-43-30-12-8-7-11-29(30)38(44(41,42)26-16-14-24(33)15-17-26)21-31(39)37(20-23-13-18-27(34)28(35)19-23)22(2)32(40)36-25-9-5-4-6-10-25/h7-8,11-19,22,25H,3-6,9-10,20-21H2,1-2H3,(H,36,40). The zero-order chi connectivity index (χ0) is 31.9. The Kier molecular flexibility index (Phi) is 11.8. The lowest BCUT2D eigenvalue weighted by Gasteiger charge is -2.33. The Bertz CT molecular complexity index is 1560. The predicted molar refractivity (Wildman–Crippen MR) is 175 cm³/mol. The van der Waals surface area contributed by atoms with Crippen molar-refractivity contribution in [1.29, 1.82) is 0 Å². The normalized spacial score (nSPS) is 14.5. The third kappa shape index (κ3) is 8.38. The molecule has 44 heavy (non-hydrogen) atoms. The minimum absolute atomic E-state index is 0.00306. The predicted octanol–water partition coefficient (Wildman–Crippen LogP) is 7.11. The molecule has 0 radical (unpaired) electrons. The van der Waals surface area contributed by atoms with E-state index < -0.39 is 28.5 Å². The fourth-order valence-corrected chi connectivity index (χ4v) is 7.05. The molecule has 1 aliphatic rings. The van der Waals surface area contributed by atoms with Crippen molar-refractivity contribution in [1.82, 2.24) is 10.2 Å². The van der Waals surface area contributed by atoms with E-state index in [1.807, 2.05) is 0 Å². The van der Waals surface area contributed by atoms with Crippen LogP contribution in [0.3, 0.4) is 0 Å². The molecule has 8 nitrogen and oxygen atoms in total. The van der Waals surface area contributed by atoms with Gasteiger partial charge < -0.3 is 15.0 Å². The summed E-state index contributed by atoms with van der Waals surface area (Å²) in [5.74, 6) is -0.613. The molecule has 1 aliphatic carbocycles. The largest absolute Gasteiger partial charge is 0.492 e. The van der Waals surface area contributed by atoms with Gasteiger partial charge in [0.1, 0.15) is 18.3 Å². The van der Waals surface area contributed by atoms with Crippen LogP contribution in [-0.2, 0) is 26.2 Å². The first-order valence-electron chi connectivity index (χ1n) is 14.5. The van der Waals surface area contributed by atoms with Crippen LogP contribution >= 0.6 is 34.8 Å². The van der Waals surface area contributed by atoms with Gasteiger partial charge in [0.2, 0.25) is 11.8 Å². The number of hydrogen-bond acceptors (Lipinski definition) is 5. The van der Waals surface area contributed by atoms with Crippen molar-refractivity contribution in [3.05, 3.63) is 87.4 Å². The molecule has 0 bridgehead atoms. The number of halogens is 3. The number of anilines is 1. The van der Waals surface area contributed by atoms with Crippen molar-refractivity contribution < 1.29 is 22.7 Å². The summed E-state index contributed by atoms with van der Waals surface area (Å²) >= 11 is 18.4. The van der Waals surface area contributed by atoms with Gasteiger partial charge in [0, 0.05) is 17.6 Å². The SMILES string of the molecule is CCOc1ccccc1N(CC(=O)N(Cc1ccc(Cl)c(Cl)c1)C(C)C(=O)NC1CCCCC1)S(=O)(=O)c1ccc(Cl)cc1. The van der Waals surface area contributed by atoms with Crippen molar-refractivity contribution in [2.45, 2.75) is 69.5 Å². The maximum atomic E-state index is 14.2. The van der Waals surface area contributed by atoms with Gasteiger partial charge in [-0.1, -0.05) is 72.3 Å². The number of nitrogens with zero attached hydrogens (tertiary/aromatic N) is 2. The van der Waals surface area contributed by atoms with Crippen LogP contribution in [0.25, 0.3) is 0 Å². The van der Waals surface area contributed by atoms with E-state index >= 15 is 0 Å². The first-order valence-corrected chi connectivity index (χ1v) is 17.1. The number of para-hydroxylation sites is 2. The maximum absolute atomic E-state index is 14.2. The molecule has 0 aromatic heterocycles. The van der Waals surface area contributed by atoms with Gasteiger partial charge in [-0.2, -0.15) is 0 Å². The number of ether oxygens (including phenoxy) is 1. The Balaban J connectivity index is 1.73. The molecular formula is C32H36Cl3N3O5S. The van der Waals surface area contributed by atoms with Crippen LogP contribution < -0.4 is 14.4 Å². The number of carbonyl (C=O) groups is 2. The van der Waals surface area contributed by atoms with Crippen LogP contribution in [0.4, 0.5) is 5.69 Å². The van der Waals surface area contributed by atoms with E-state index in [9.17, 15) is 18.0 Å². The summed E-state index contributed by atoms with van der Waals surface area (Å²) in [7, 11) is -4.29. The minimum atomic E-state index is -4.29. The number of rotatable bonds is 12. The summed E-state index contributed by atoms with van der Waals surface area (Å²) in [5, 5.41) is 4.11. The third-order valence-electron chi connectivity index (χ3n) is 7.57. The summed E-state index contributed by atoms with van der Waals surface area (Å²) in [5.41, 5.74) is 0.818. The topological polar surface area (TPSA) is 96.0 Å². The van der Waals surface area contributed by atoms with Crippen molar-refractivity contribution in [3.63, 3.8) is 0 Å². The number of carbonyl (C=O) groups excluding carboxylic acids is 2. The second-order valence-corrected chi connectivity index (χ2v) is 13.8. The van der Waals surface area contributed by atoms with Crippen LogP contribution in [0.5, 0.6) is 5.75 Å². The van der Waals surface area contributed by atoms with E-state index in [0.717, 1.165) is 36.4 Å². The van der Waals surface area contributed by atoms with E-state index in [4.69, 9.17) is 39.5 Å². The monoisotopic (exact) mass is 679 g/mol. The number of hydrogen-bond donors (Lipinski definition) is 1. The molecule has 1 N–H and O–H groups in total. The van der Waals surface area contributed by atoms with Crippen molar-refractivity contribution >= 4 is 62.3 Å². The molecule has 236 valence electrons. The summed E-state index contributed by atoms with van der Waals surface area (Å²) in [6.45, 7) is 3.10. The summed E-state index contributed by atoms with van der Waals surface area (Å²) < 4.78 is 35.0. The average Bonchev–Trinajstić information content (AvgIpc) is 3.01. The zero-order valence-electron chi connectivity index (χ0n) is 24.6. The number of amides is 2. The Morgan fingerprint density at radius 1 is 0.955 bits per heavy atom. The van der Waals surface area contributed by atoms with E-state index in [0.29, 0.717) is 26.4 Å². The van der Waals surface area contributed by atoms with Crippen LogP contribution in [0.2, 0.25) is 15.1 Å². The van der Waals surface area contributed by atoms with Crippen LogP contribution in [0.15, 0.2) is 71.6 Å². The van der Waals surface area contributed by atoms with Gasteiger partial charge >= 0.3 is 0 Å². The van der Waals surface area contributed by atoms with Gasteiger partial charge in [0.15, 0.2) is 0 Å². The van der Waals surface area contributed by atoms with E-state index in [2.05, 4.69) is 5.32 Å². The van der Waals surface area contributed by atoms with Crippen LogP contribution in [-0.4, -0.2) is 50.4 Å². The van der Waals surface area contributed by atoms with Crippen LogP contribution in [0.1, 0.15) is 51.5 Å². The van der Waals surface area contributed by atoms with Gasteiger partial charge in [0.05, 0.1) is 27.2 Å². The lowest BCUT2D eigenvalue weighted by molar-refractivity contribution is -0.139.